The summed E-state index contributed by atoms with van der Waals surface area (Å²) in [6.07, 6.45) is 0. The molecule has 1 aliphatic heterocycles. The molecule has 10 nitrogen and oxygen atoms in total. The molecule has 1 saturated heterocycles. The summed E-state index contributed by atoms with van der Waals surface area (Å²) in [7, 11) is 0. The first-order valence-electron chi connectivity index (χ1n) is 12.3. The smallest absolute Gasteiger partial charge is 0.334 e. The SMILES string of the molecule is C=C(C)C(=O)OCN1CCNCCN(CC(=O)OC(C)(C)C)CCN(COC(=O)C(C)(C)C)CC1. The van der Waals surface area contributed by atoms with Gasteiger partial charge >= 0.3 is 17.9 Å². The van der Waals surface area contributed by atoms with Crippen molar-refractivity contribution in [1.29, 1.82) is 0 Å². The number of carbonyl (C=O) groups is 3. The van der Waals surface area contributed by atoms with Crippen LogP contribution in [0, 0.1) is 5.41 Å². The minimum Gasteiger partial charge on any atom is -0.459 e. The quantitative estimate of drug-likeness (QED) is 0.315. The number of ether oxygens (including phenoxy) is 3. The minimum atomic E-state index is -0.594. The molecule has 0 bridgehead atoms. The molecule has 0 amide bonds. The largest absolute Gasteiger partial charge is 0.459 e. The first-order valence-corrected chi connectivity index (χ1v) is 12.3. The van der Waals surface area contributed by atoms with Crippen molar-refractivity contribution in [2.75, 3.05) is 72.4 Å². The van der Waals surface area contributed by atoms with Gasteiger partial charge in [-0.05, 0) is 48.5 Å². The van der Waals surface area contributed by atoms with Gasteiger partial charge in [0.05, 0.1) is 12.0 Å². The van der Waals surface area contributed by atoms with Crippen molar-refractivity contribution in [2.45, 2.75) is 54.1 Å². The number of hydrogen-bond acceptors (Lipinski definition) is 10. The standard InChI is InChI=1S/C25H46N4O6/c1-20(2)22(31)33-18-28-12-10-26-9-11-27(17-21(30)35-25(6,7)8)13-14-29(16-15-28)19-34-23(32)24(3,4)5/h26H,1,9-19H2,2-8H3. The summed E-state index contributed by atoms with van der Waals surface area (Å²) in [5.74, 6) is -0.954. The molecule has 0 spiro atoms. The third kappa shape index (κ3) is 14.2. The first kappa shape index (κ1) is 31.0. The van der Waals surface area contributed by atoms with Gasteiger partial charge in [-0.15, -0.1) is 0 Å². The second-order valence-corrected chi connectivity index (χ2v) is 11.0. The van der Waals surface area contributed by atoms with Crippen molar-refractivity contribution in [1.82, 2.24) is 20.0 Å². The summed E-state index contributed by atoms with van der Waals surface area (Å²) in [6.45, 7) is 21.9. The average molecular weight is 499 g/mol. The van der Waals surface area contributed by atoms with Gasteiger partial charge < -0.3 is 19.5 Å². The van der Waals surface area contributed by atoms with E-state index in [1.165, 1.54) is 0 Å². The van der Waals surface area contributed by atoms with Crippen LogP contribution < -0.4 is 5.32 Å². The van der Waals surface area contributed by atoms with Crippen molar-refractivity contribution >= 4 is 17.9 Å². The van der Waals surface area contributed by atoms with Crippen LogP contribution in [0.2, 0.25) is 0 Å². The maximum atomic E-state index is 12.4. The molecule has 0 aliphatic carbocycles. The van der Waals surface area contributed by atoms with Gasteiger partial charge in [-0.25, -0.2) is 4.79 Å². The molecule has 0 aromatic rings. The molecule has 0 atom stereocenters. The molecule has 0 unspecified atom stereocenters. The van der Waals surface area contributed by atoms with Gasteiger partial charge in [-0.1, -0.05) is 6.58 Å². The maximum Gasteiger partial charge on any atom is 0.334 e. The van der Waals surface area contributed by atoms with Crippen molar-refractivity contribution in [3.63, 3.8) is 0 Å². The van der Waals surface area contributed by atoms with Crippen LogP contribution in [0.1, 0.15) is 48.5 Å². The van der Waals surface area contributed by atoms with E-state index < -0.39 is 17.0 Å². The van der Waals surface area contributed by atoms with E-state index in [0.29, 0.717) is 57.9 Å². The Morgan fingerprint density at radius 3 is 1.80 bits per heavy atom. The van der Waals surface area contributed by atoms with Crippen LogP contribution in [-0.2, 0) is 28.6 Å². The lowest BCUT2D eigenvalue weighted by Crippen LogP contribution is -2.47. The van der Waals surface area contributed by atoms with E-state index in [-0.39, 0.29) is 31.9 Å². The van der Waals surface area contributed by atoms with Gasteiger partial charge in [0.1, 0.15) is 19.1 Å². The predicted octanol–water partition coefficient (Wildman–Crippen LogP) is 1.46. The molecular formula is C25H46N4O6. The van der Waals surface area contributed by atoms with Crippen LogP contribution in [0.5, 0.6) is 0 Å². The highest BCUT2D eigenvalue weighted by molar-refractivity contribution is 5.86. The fraction of sp³-hybridized carbons (Fsp3) is 0.800. The Morgan fingerprint density at radius 1 is 0.800 bits per heavy atom. The molecule has 202 valence electrons. The molecule has 0 aromatic carbocycles. The zero-order chi connectivity index (χ0) is 26.6. The molecular weight excluding hydrogens is 452 g/mol. The third-order valence-corrected chi connectivity index (χ3v) is 5.16. The summed E-state index contributed by atoms with van der Waals surface area (Å²) in [5.41, 5.74) is -0.770. The summed E-state index contributed by atoms with van der Waals surface area (Å²) < 4.78 is 16.4. The number of carbonyl (C=O) groups excluding carboxylic acids is 3. The van der Waals surface area contributed by atoms with E-state index in [1.807, 2.05) is 56.2 Å². The minimum absolute atomic E-state index is 0.147. The molecule has 1 heterocycles. The van der Waals surface area contributed by atoms with Crippen LogP contribution in [0.3, 0.4) is 0 Å². The zero-order valence-corrected chi connectivity index (χ0v) is 22.8. The van der Waals surface area contributed by atoms with Gasteiger partial charge in [-0.2, -0.15) is 0 Å². The monoisotopic (exact) mass is 498 g/mol. The summed E-state index contributed by atoms with van der Waals surface area (Å²) >= 11 is 0. The molecule has 1 aliphatic rings. The van der Waals surface area contributed by atoms with Crippen molar-refractivity contribution in [3.8, 4) is 0 Å². The molecule has 0 aromatic heterocycles. The molecule has 10 heteroatoms. The van der Waals surface area contributed by atoms with Crippen LogP contribution >= 0.6 is 0 Å². The van der Waals surface area contributed by atoms with E-state index in [0.717, 1.165) is 0 Å². The average Bonchev–Trinajstić information content (AvgIpc) is 2.71. The number of nitrogens with zero attached hydrogens (tertiary/aromatic N) is 3. The Bertz CT molecular complexity index is 714. The van der Waals surface area contributed by atoms with E-state index >= 15 is 0 Å². The maximum absolute atomic E-state index is 12.4. The molecule has 0 radical (unpaired) electrons. The highest BCUT2D eigenvalue weighted by Gasteiger charge is 2.25. The second-order valence-electron chi connectivity index (χ2n) is 11.0. The van der Waals surface area contributed by atoms with Crippen LogP contribution in [0.15, 0.2) is 12.2 Å². The second kappa shape index (κ2) is 14.5. The van der Waals surface area contributed by atoms with Crippen molar-refractivity contribution in [2.24, 2.45) is 5.41 Å². The van der Waals surface area contributed by atoms with Gasteiger partial charge in [0.15, 0.2) is 0 Å². The van der Waals surface area contributed by atoms with Gasteiger partial charge in [0, 0.05) is 57.9 Å². The van der Waals surface area contributed by atoms with Gasteiger partial charge in [0.25, 0.3) is 0 Å². The first-order chi connectivity index (χ1) is 16.2. The summed E-state index contributed by atoms with van der Waals surface area (Å²) in [5, 5.41) is 3.39. The molecule has 0 saturated carbocycles. The predicted molar refractivity (Wildman–Crippen MR) is 134 cm³/mol. The lowest BCUT2D eigenvalue weighted by molar-refractivity contribution is -0.158. The van der Waals surface area contributed by atoms with E-state index in [1.54, 1.807) is 6.92 Å². The summed E-state index contributed by atoms with van der Waals surface area (Å²) in [6, 6.07) is 0. The Morgan fingerprint density at radius 2 is 1.29 bits per heavy atom. The zero-order valence-electron chi connectivity index (χ0n) is 22.8. The lowest BCUT2D eigenvalue weighted by Gasteiger charge is -2.31. The Balaban J connectivity index is 2.84. The fourth-order valence-electron chi connectivity index (χ4n) is 3.11. The Hall–Kier alpha value is -2.01. The molecule has 1 N–H and O–H groups in total. The highest BCUT2D eigenvalue weighted by atomic mass is 16.6. The van der Waals surface area contributed by atoms with Crippen LogP contribution in [0.4, 0.5) is 0 Å². The lowest BCUT2D eigenvalue weighted by atomic mass is 9.98. The fourth-order valence-corrected chi connectivity index (χ4v) is 3.11. The van der Waals surface area contributed by atoms with E-state index in [4.69, 9.17) is 14.2 Å². The van der Waals surface area contributed by atoms with Crippen molar-refractivity contribution in [3.05, 3.63) is 12.2 Å². The summed E-state index contributed by atoms with van der Waals surface area (Å²) in [4.78, 5) is 42.7. The number of esters is 3. The highest BCUT2D eigenvalue weighted by Crippen LogP contribution is 2.15. The molecule has 35 heavy (non-hydrogen) atoms. The molecule has 1 rings (SSSR count). The Labute approximate surface area is 210 Å². The van der Waals surface area contributed by atoms with Crippen LogP contribution in [0.25, 0.3) is 0 Å². The van der Waals surface area contributed by atoms with E-state index in [2.05, 4.69) is 11.9 Å². The van der Waals surface area contributed by atoms with Gasteiger partial charge in [-0.3, -0.25) is 24.3 Å². The molecule has 1 fully saturated rings. The number of nitrogens with one attached hydrogen (secondary N) is 1. The van der Waals surface area contributed by atoms with Crippen LogP contribution in [-0.4, -0.2) is 111 Å². The normalized spacial score (nSPS) is 18.1. The van der Waals surface area contributed by atoms with Gasteiger partial charge in [0.2, 0.25) is 0 Å². The van der Waals surface area contributed by atoms with E-state index in [9.17, 15) is 14.4 Å². The third-order valence-electron chi connectivity index (χ3n) is 5.16. The topological polar surface area (TPSA) is 101 Å². The number of hydrogen-bond donors (Lipinski definition) is 1. The van der Waals surface area contributed by atoms with Crippen molar-refractivity contribution < 1.29 is 28.6 Å². The Kier molecular flexibility index (Phi) is 12.9. The number of rotatable bonds is 7.